The molecule has 2 aromatic carbocycles. The second-order valence-corrected chi connectivity index (χ2v) is 9.50. The summed E-state index contributed by atoms with van der Waals surface area (Å²) >= 11 is 0. The highest BCUT2D eigenvalue weighted by Crippen LogP contribution is 2.23. The zero-order chi connectivity index (χ0) is 18.6. The first-order valence-corrected chi connectivity index (χ1v) is 10.7. The van der Waals surface area contributed by atoms with Gasteiger partial charge in [0.2, 0.25) is 10.0 Å². The van der Waals surface area contributed by atoms with Crippen LogP contribution in [0.2, 0.25) is 0 Å². The van der Waals surface area contributed by atoms with Crippen molar-refractivity contribution in [3.8, 4) is 0 Å². The quantitative estimate of drug-likeness (QED) is 0.780. The molecule has 1 fully saturated rings. The topological polar surface area (TPSA) is 40.6 Å². The molecule has 140 valence electrons. The van der Waals surface area contributed by atoms with E-state index in [4.69, 9.17) is 0 Å². The molecule has 0 spiro atoms. The fourth-order valence-corrected chi connectivity index (χ4v) is 4.54. The monoisotopic (exact) mass is 372 g/mol. The third kappa shape index (κ3) is 4.72. The number of sulfonamides is 1. The van der Waals surface area contributed by atoms with Crippen LogP contribution in [-0.4, -0.2) is 44.8 Å². The smallest absolute Gasteiger partial charge is 0.242 e. The summed E-state index contributed by atoms with van der Waals surface area (Å²) in [5.41, 5.74) is 2.49. The number of rotatable bonds is 6. The van der Waals surface area contributed by atoms with E-state index in [2.05, 4.69) is 35.2 Å². The van der Waals surface area contributed by atoms with Crippen LogP contribution in [0.25, 0.3) is 0 Å². The van der Waals surface area contributed by atoms with E-state index in [1.54, 1.807) is 20.2 Å². The molecule has 0 unspecified atom stereocenters. The molecule has 0 bridgehead atoms. The number of hydrogen-bond donors (Lipinski definition) is 0. The Kier molecular flexibility index (Phi) is 6.12. The average molecular weight is 373 g/mol. The first-order chi connectivity index (χ1) is 12.4. The number of likely N-dealkylation sites (tertiary alicyclic amines) is 1. The molecule has 1 saturated heterocycles. The Bertz CT molecular complexity index is 811. The zero-order valence-corrected chi connectivity index (χ0v) is 16.5. The molecule has 1 heterocycles. The number of benzene rings is 2. The molecule has 5 heteroatoms. The Morgan fingerprint density at radius 2 is 1.62 bits per heavy atom. The van der Waals surface area contributed by atoms with Crippen LogP contribution in [0.15, 0.2) is 59.5 Å². The highest BCUT2D eigenvalue weighted by atomic mass is 32.2. The molecule has 4 nitrogen and oxygen atoms in total. The third-order valence-electron chi connectivity index (χ3n) is 5.16. The highest BCUT2D eigenvalue weighted by Gasteiger charge is 2.21. The predicted octanol–water partition coefficient (Wildman–Crippen LogP) is 3.39. The zero-order valence-electron chi connectivity index (χ0n) is 15.6. The van der Waals surface area contributed by atoms with Crippen LogP contribution in [0, 0.1) is 5.92 Å². The van der Waals surface area contributed by atoms with Gasteiger partial charge in [0.1, 0.15) is 0 Å². The van der Waals surface area contributed by atoms with Gasteiger partial charge in [0, 0.05) is 20.6 Å². The lowest BCUT2D eigenvalue weighted by molar-refractivity contribution is 0.177. The second-order valence-electron chi connectivity index (χ2n) is 7.34. The van der Waals surface area contributed by atoms with Gasteiger partial charge in [0.15, 0.2) is 0 Å². The summed E-state index contributed by atoms with van der Waals surface area (Å²) in [5, 5.41) is 0. The Balaban J connectivity index is 1.56. The SMILES string of the molecule is CN(C)S(=O)(=O)c1cccc(CN2CCC(Cc3ccccc3)CC2)c1. The Hall–Kier alpha value is -1.69. The average Bonchev–Trinajstić information content (AvgIpc) is 2.64. The van der Waals surface area contributed by atoms with Gasteiger partial charge in [-0.25, -0.2) is 12.7 Å². The van der Waals surface area contributed by atoms with Crippen molar-refractivity contribution in [2.45, 2.75) is 30.7 Å². The second kappa shape index (κ2) is 8.33. The van der Waals surface area contributed by atoms with Crippen molar-refractivity contribution in [2.75, 3.05) is 27.2 Å². The molecular formula is C21H28N2O2S. The number of hydrogen-bond acceptors (Lipinski definition) is 3. The third-order valence-corrected chi connectivity index (χ3v) is 6.97. The summed E-state index contributed by atoms with van der Waals surface area (Å²) in [5.74, 6) is 0.745. The molecule has 0 aromatic heterocycles. The molecule has 0 saturated carbocycles. The van der Waals surface area contributed by atoms with E-state index in [1.807, 2.05) is 18.2 Å². The molecular weight excluding hydrogens is 344 g/mol. The van der Waals surface area contributed by atoms with Gasteiger partial charge in [-0.1, -0.05) is 42.5 Å². The van der Waals surface area contributed by atoms with Crippen LogP contribution >= 0.6 is 0 Å². The molecule has 0 radical (unpaired) electrons. The molecule has 0 amide bonds. The van der Waals surface area contributed by atoms with E-state index in [0.717, 1.165) is 37.5 Å². The summed E-state index contributed by atoms with van der Waals surface area (Å²) in [4.78, 5) is 2.81. The maximum absolute atomic E-state index is 12.3. The van der Waals surface area contributed by atoms with E-state index in [9.17, 15) is 8.42 Å². The molecule has 0 N–H and O–H groups in total. The van der Waals surface area contributed by atoms with Gasteiger partial charge >= 0.3 is 0 Å². The summed E-state index contributed by atoms with van der Waals surface area (Å²) < 4.78 is 25.9. The van der Waals surface area contributed by atoms with Crippen LogP contribution in [0.4, 0.5) is 0 Å². The fraction of sp³-hybridized carbons (Fsp3) is 0.429. The minimum atomic E-state index is -3.37. The summed E-state index contributed by atoms with van der Waals surface area (Å²) in [6.45, 7) is 2.96. The van der Waals surface area contributed by atoms with Crippen molar-refractivity contribution < 1.29 is 8.42 Å². The van der Waals surface area contributed by atoms with Crippen molar-refractivity contribution in [1.29, 1.82) is 0 Å². The highest BCUT2D eigenvalue weighted by molar-refractivity contribution is 7.89. The van der Waals surface area contributed by atoms with Gasteiger partial charge in [-0.3, -0.25) is 4.90 Å². The lowest BCUT2D eigenvalue weighted by atomic mass is 9.90. The fourth-order valence-electron chi connectivity index (χ4n) is 3.57. The van der Waals surface area contributed by atoms with E-state index < -0.39 is 10.0 Å². The van der Waals surface area contributed by atoms with Crippen LogP contribution in [0.3, 0.4) is 0 Å². The Morgan fingerprint density at radius 3 is 2.27 bits per heavy atom. The van der Waals surface area contributed by atoms with Crippen LogP contribution in [0.5, 0.6) is 0 Å². The molecule has 0 atom stereocenters. The summed E-state index contributed by atoms with van der Waals surface area (Å²) in [6.07, 6.45) is 3.56. The Morgan fingerprint density at radius 1 is 0.962 bits per heavy atom. The summed E-state index contributed by atoms with van der Waals surface area (Å²) in [6, 6.07) is 18.1. The molecule has 1 aliphatic heterocycles. The van der Waals surface area contributed by atoms with Gasteiger partial charge < -0.3 is 0 Å². The van der Waals surface area contributed by atoms with E-state index >= 15 is 0 Å². The maximum Gasteiger partial charge on any atom is 0.242 e. The summed E-state index contributed by atoms with van der Waals surface area (Å²) in [7, 11) is -0.231. The van der Waals surface area contributed by atoms with Gasteiger partial charge in [0.25, 0.3) is 0 Å². The predicted molar refractivity (Wildman–Crippen MR) is 105 cm³/mol. The lowest BCUT2D eigenvalue weighted by Crippen LogP contribution is -2.34. The van der Waals surface area contributed by atoms with Gasteiger partial charge in [-0.15, -0.1) is 0 Å². The lowest BCUT2D eigenvalue weighted by Gasteiger charge is -2.32. The molecule has 1 aliphatic rings. The van der Waals surface area contributed by atoms with Crippen LogP contribution < -0.4 is 0 Å². The molecule has 2 aromatic rings. The molecule has 3 rings (SSSR count). The van der Waals surface area contributed by atoms with E-state index in [-0.39, 0.29) is 0 Å². The normalized spacial score (nSPS) is 16.9. The Labute approximate surface area is 157 Å². The van der Waals surface area contributed by atoms with E-state index in [0.29, 0.717) is 4.90 Å². The van der Waals surface area contributed by atoms with E-state index in [1.165, 1.54) is 22.7 Å². The first-order valence-electron chi connectivity index (χ1n) is 9.23. The van der Waals surface area contributed by atoms with Gasteiger partial charge in [0.05, 0.1) is 4.90 Å². The number of nitrogens with zero attached hydrogens (tertiary/aromatic N) is 2. The molecule has 0 aliphatic carbocycles. The minimum absolute atomic E-state index is 0.374. The van der Waals surface area contributed by atoms with Gasteiger partial charge in [-0.2, -0.15) is 0 Å². The number of piperidine rings is 1. The largest absolute Gasteiger partial charge is 0.299 e. The minimum Gasteiger partial charge on any atom is -0.299 e. The molecule has 26 heavy (non-hydrogen) atoms. The van der Waals surface area contributed by atoms with Crippen molar-refractivity contribution in [3.63, 3.8) is 0 Å². The maximum atomic E-state index is 12.3. The van der Waals surface area contributed by atoms with Crippen molar-refractivity contribution in [3.05, 3.63) is 65.7 Å². The van der Waals surface area contributed by atoms with Crippen molar-refractivity contribution in [2.24, 2.45) is 5.92 Å². The standard InChI is InChI=1S/C21H28N2O2S/c1-22(2)26(24,25)21-10-6-9-20(16-21)17-23-13-11-19(12-14-23)15-18-7-4-3-5-8-18/h3-10,16,19H,11-15,17H2,1-2H3. The van der Waals surface area contributed by atoms with Crippen LogP contribution in [-0.2, 0) is 23.0 Å². The van der Waals surface area contributed by atoms with Crippen molar-refractivity contribution >= 4 is 10.0 Å². The van der Waals surface area contributed by atoms with Gasteiger partial charge in [-0.05, 0) is 61.5 Å². The van der Waals surface area contributed by atoms with Crippen molar-refractivity contribution in [1.82, 2.24) is 9.21 Å². The first kappa shape index (κ1) is 19.1. The van der Waals surface area contributed by atoms with Crippen LogP contribution in [0.1, 0.15) is 24.0 Å².